The second-order valence-electron chi connectivity index (χ2n) is 4.33. The third-order valence-corrected chi connectivity index (χ3v) is 3.06. The van der Waals surface area contributed by atoms with E-state index in [2.05, 4.69) is 4.98 Å². The number of pyridine rings is 1. The van der Waals surface area contributed by atoms with E-state index in [1.165, 1.54) is 19.2 Å². The number of ether oxygens (including phenoxy) is 2. The fourth-order valence-corrected chi connectivity index (χ4v) is 1.90. The molecule has 0 amide bonds. The van der Waals surface area contributed by atoms with Crippen molar-refractivity contribution in [2.45, 2.75) is 26.4 Å². The van der Waals surface area contributed by atoms with Crippen LogP contribution in [0.1, 0.15) is 26.3 Å². The first-order valence-electron chi connectivity index (χ1n) is 5.98. The zero-order chi connectivity index (χ0) is 14.6. The number of methoxy groups -OCH3 is 1. The first-order valence-corrected chi connectivity index (χ1v) is 6.36. The fourth-order valence-electron chi connectivity index (χ4n) is 1.76. The summed E-state index contributed by atoms with van der Waals surface area (Å²) in [6.07, 6.45) is 0. The number of carbonyl (C=O) groups excluding carboxylic acids is 1. The van der Waals surface area contributed by atoms with Crippen molar-refractivity contribution in [1.29, 1.82) is 0 Å². The maximum absolute atomic E-state index is 12.1. The monoisotopic (exact) mass is 287 g/mol. The molecule has 0 aliphatic heterocycles. The molecule has 6 heteroatoms. The van der Waals surface area contributed by atoms with Gasteiger partial charge in [-0.15, -0.1) is 0 Å². The van der Waals surface area contributed by atoms with Crippen molar-refractivity contribution in [3.8, 4) is 5.88 Å². The van der Waals surface area contributed by atoms with E-state index in [-0.39, 0.29) is 23.2 Å². The Morgan fingerprint density at radius 3 is 2.63 bits per heavy atom. The van der Waals surface area contributed by atoms with E-state index in [0.29, 0.717) is 0 Å². The van der Waals surface area contributed by atoms with Gasteiger partial charge in [-0.3, -0.25) is 0 Å². The quantitative estimate of drug-likeness (QED) is 0.664. The van der Waals surface area contributed by atoms with Crippen LogP contribution in [0.25, 0.3) is 0 Å². The second kappa shape index (κ2) is 6.21. The van der Waals surface area contributed by atoms with Gasteiger partial charge in [-0.25, -0.2) is 9.78 Å². The van der Waals surface area contributed by atoms with Crippen LogP contribution in [0.3, 0.4) is 0 Å². The van der Waals surface area contributed by atoms with Gasteiger partial charge in [0.25, 0.3) is 0 Å². The Kier molecular flexibility index (Phi) is 5.14. The summed E-state index contributed by atoms with van der Waals surface area (Å²) in [5.74, 6) is -1.03. The molecule has 0 bridgehead atoms. The van der Waals surface area contributed by atoms with Crippen LogP contribution in [0.4, 0.5) is 0 Å². The van der Waals surface area contributed by atoms with Crippen LogP contribution in [-0.4, -0.2) is 29.8 Å². The van der Waals surface area contributed by atoms with Crippen LogP contribution in [0.15, 0.2) is 12.1 Å². The number of rotatable bonds is 5. The van der Waals surface area contributed by atoms with Gasteiger partial charge in [0.1, 0.15) is 5.15 Å². The molecule has 106 valence electrons. The molecule has 5 nitrogen and oxygen atoms in total. The normalized spacial score (nSPS) is 14.1. The molecule has 1 aromatic heterocycles. The summed E-state index contributed by atoms with van der Waals surface area (Å²) in [5.41, 5.74) is -1.58. The average molecular weight is 288 g/mol. The highest BCUT2D eigenvalue weighted by molar-refractivity contribution is 6.29. The molecule has 0 aliphatic rings. The largest absolute Gasteiger partial charge is 0.481 e. The predicted octanol–water partition coefficient (Wildman–Crippen LogP) is 2.15. The summed E-state index contributed by atoms with van der Waals surface area (Å²) < 4.78 is 10.0. The van der Waals surface area contributed by atoms with Crippen LogP contribution < -0.4 is 4.74 Å². The number of esters is 1. The molecular formula is C13H18ClNO4. The molecule has 1 aromatic rings. The number of hydrogen-bond donors (Lipinski definition) is 1. The highest BCUT2D eigenvalue weighted by atomic mass is 35.5. The van der Waals surface area contributed by atoms with Crippen molar-refractivity contribution in [2.24, 2.45) is 5.92 Å². The lowest BCUT2D eigenvalue weighted by Crippen LogP contribution is -2.42. The second-order valence-corrected chi connectivity index (χ2v) is 4.72. The van der Waals surface area contributed by atoms with Crippen LogP contribution in [0, 0.1) is 5.92 Å². The molecule has 0 fully saturated rings. The fraction of sp³-hybridized carbons (Fsp3) is 0.538. The van der Waals surface area contributed by atoms with Crippen molar-refractivity contribution >= 4 is 17.6 Å². The molecule has 19 heavy (non-hydrogen) atoms. The minimum Gasteiger partial charge on any atom is -0.481 e. The smallest absolute Gasteiger partial charge is 0.343 e. The van der Waals surface area contributed by atoms with E-state index >= 15 is 0 Å². The van der Waals surface area contributed by atoms with E-state index in [1.54, 1.807) is 20.8 Å². The number of halogens is 1. The van der Waals surface area contributed by atoms with Gasteiger partial charge in [-0.1, -0.05) is 25.4 Å². The zero-order valence-electron chi connectivity index (χ0n) is 11.4. The van der Waals surface area contributed by atoms with E-state index in [1.807, 2.05) is 0 Å². The number of hydrogen-bond acceptors (Lipinski definition) is 5. The topological polar surface area (TPSA) is 68.7 Å². The molecule has 0 aromatic carbocycles. The molecule has 0 radical (unpaired) electrons. The van der Waals surface area contributed by atoms with Crippen LogP contribution in [-0.2, 0) is 15.1 Å². The van der Waals surface area contributed by atoms with E-state index in [0.717, 1.165) is 0 Å². The van der Waals surface area contributed by atoms with Gasteiger partial charge in [0.2, 0.25) is 5.88 Å². The summed E-state index contributed by atoms with van der Waals surface area (Å²) in [4.78, 5) is 16.0. The highest BCUT2D eigenvalue weighted by Gasteiger charge is 2.45. The lowest BCUT2D eigenvalue weighted by atomic mass is 9.84. The summed E-state index contributed by atoms with van der Waals surface area (Å²) >= 11 is 5.78. The molecule has 1 atom stereocenters. The Morgan fingerprint density at radius 2 is 2.16 bits per heavy atom. The summed E-state index contributed by atoms with van der Waals surface area (Å²) in [6, 6.07) is 3.01. The molecule has 0 aliphatic carbocycles. The summed E-state index contributed by atoms with van der Waals surface area (Å²) in [5, 5.41) is 10.9. The molecule has 1 N–H and O–H groups in total. The van der Waals surface area contributed by atoms with Crippen molar-refractivity contribution in [3.63, 3.8) is 0 Å². The summed E-state index contributed by atoms with van der Waals surface area (Å²) in [6.45, 7) is 5.28. The minimum atomic E-state index is -1.82. The van der Waals surface area contributed by atoms with E-state index in [9.17, 15) is 9.90 Å². The first-order chi connectivity index (χ1) is 8.87. The maximum Gasteiger partial charge on any atom is 0.343 e. The Morgan fingerprint density at radius 1 is 1.53 bits per heavy atom. The zero-order valence-corrected chi connectivity index (χ0v) is 12.2. The van der Waals surface area contributed by atoms with Gasteiger partial charge in [-0.2, -0.15) is 0 Å². The van der Waals surface area contributed by atoms with Crippen molar-refractivity contribution in [1.82, 2.24) is 4.98 Å². The summed E-state index contributed by atoms with van der Waals surface area (Å²) in [7, 11) is 1.40. The SMILES string of the molecule is CCOC(=O)C(O)(c1ccc(Cl)nc1OC)C(C)C. The Bertz CT molecular complexity index is 464. The standard InChI is InChI=1S/C13H18ClNO4/c1-5-19-12(16)13(17,8(2)3)9-6-7-10(14)15-11(9)18-4/h6-8,17H,5H2,1-4H3. The molecule has 0 spiro atoms. The van der Waals surface area contributed by atoms with Crippen LogP contribution >= 0.6 is 11.6 Å². The van der Waals surface area contributed by atoms with Gasteiger partial charge < -0.3 is 14.6 Å². The number of aliphatic hydroxyl groups is 1. The van der Waals surface area contributed by atoms with Crippen molar-refractivity contribution < 1.29 is 19.4 Å². The Hall–Kier alpha value is -1.33. The Labute approximate surface area is 117 Å². The molecular weight excluding hydrogens is 270 g/mol. The predicted molar refractivity (Wildman–Crippen MR) is 71.2 cm³/mol. The van der Waals surface area contributed by atoms with E-state index < -0.39 is 17.5 Å². The number of aromatic nitrogens is 1. The van der Waals surface area contributed by atoms with Crippen molar-refractivity contribution in [3.05, 3.63) is 22.8 Å². The van der Waals surface area contributed by atoms with Crippen LogP contribution in [0.2, 0.25) is 5.15 Å². The third kappa shape index (κ3) is 2.98. The lowest BCUT2D eigenvalue weighted by molar-refractivity contribution is -0.172. The maximum atomic E-state index is 12.1. The van der Waals surface area contributed by atoms with E-state index in [4.69, 9.17) is 21.1 Å². The molecule has 1 unspecified atom stereocenters. The van der Waals surface area contributed by atoms with Gasteiger partial charge >= 0.3 is 5.97 Å². The highest BCUT2D eigenvalue weighted by Crippen LogP contribution is 2.36. The van der Waals surface area contributed by atoms with Gasteiger partial charge in [0.05, 0.1) is 19.3 Å². The minimum absolute atomic E-state index is 0.108. The molecule has 0 saturated carbocycles. The number of nitrogens with zero attached hydrogens (tertiary/aromatic N) is 1. The molecule has 1 heterocycles. The Balaban J connectivity index is 3.38. The first kappa shape index (κ1) is 15.7. The molecule has 0 saturated heterocycles. The third-order valence-electron chi connectivity index (χ3n) is 2.85. The number of carbonyl (C=O) groups is 1. The van der Waals surface area contributed by atoms with Crippen molar-refractivity contribution in [2.75, 3.05) is 13.7 Å². The van der Waals surface area contributed by atoms with Gasteiger partial charge in [0.15, 0.2) is 5.60 Å². The van der Waals surface area contributed by atoms with Gasteiger partial charge in [0, 0.05) is 0 Å². The van der Waals surface area contributed by atoms with Crippen LogP contribution in [0.5, 0.6) is 5.88 Å². The average Bonchev–Trinajstić information content (AvgIpc) is 2.37. The lowest BCUT2D eigenvalue weighted by Gasteiger charge is -2.30. The molecule has 1 rings (SSSR count). The van der Waals surface area contributed by atoms with Gasteiger partial charge in [-0.05, 0) is 25.0 Å².